The molecule has 120 valence electrons. The maximum absolute atomic E-state index is 12.2. The van der Waals surface area contributed by atoms with Crippen LogP contribution in [-0.2, 0) is 11.3 Å². The van der Waals surface area contributed by atoms with Gasteiger partial charge in [-0.1, -0.05) is 24.3 Å². The Morgan fingerprint density at radius 3 is 2.87 bits per heavy atom. The molecule has 1 aromatic carbocycles. The predicted molar refractivity (Wildman–Crippen MR) is 92.5 cm³/mol. The molecular weight excluding hydrogens is 308 g/mol. The highest BCUT2D eigenvalue weighted by atomic mass is 32.1. The topological polar surface area (TPSA) is 46.7 Å². The van der Waals surface area contributed by atoms with Gasteiger partial charge in [0.1, 0.15) is 17.9 Å². The number of hydrogen-bond acceptors (Lipinski definition) is 3. The number of furan rings is 1. The Kier molecular flexibility index (Phi) is 4.79. The molecule has 2 atom stereocenters. The summed E-state index contributed by atoms with van der Waals surface area (Å²) in [6, 6.07) is 13.9. The number of carbonyl (C=O) groups is 1. The number of likely N-dealkylation sites (N-methyl/N-ethyl adjacent to an activating group) is 1. The summed E-state index contributed by atoms with van der Waals surface area (Å²) in [5.41, 5.74) is 0.851. The molecule has 1 amide bonds. The molecule has 0 spiro atoms. The molecule has 4 nitrogen and oxygen atoms in total. The summed E-state index contributed by atoms with van der Waals surface area (Å²) in [4.78, 5) is 14.7. The normalized spacial score (nSPS) is 13.8. The molecule has 0 aliphatic rings. The Labute approximate surface area is 139 Å². The van der Waals surface area contributed by atoms with Crippen molar-refractivity contribution in [1.29, 1.82) is 0 Å². The van der Waals surface area contributed by atoms with Crippen molar-refractivity contribution < 1.29 is 14.1 Å². The maximum atomic E-state index is 12.2. The first kappa shape index (κ1) is 15.8. The third kappa shape index (κ3) is 4.00. The molecule has 0 fully saturated rings. The number of quaternary nitrogens is 1. The van der Waals surface area contributed by atoms with Gasteiger partial charge >= 0.3 is 0 Å². The monoisotopic (exact) mass is 329 g/mol. The van der Waals surface area contributed by atoms with Gasteiger partial charge in [-0.15, -0.1) is 11.3 Å². The van der Waals surface area contributed by atoms with E-state index in [-0.39, 0.29) is 11.9 Å². The second kappa shape index (κ2) is 6.98. The molecule has 0 aliphatic heterocycles. The number of rotatable bonds is 6. The SMILES string of the molecule is C[C@H](NC(=O)C[NH+](C)Cc1cccs1)c1cc2ccccc2o1. The Hall–Kier alpha value is -2.11. The number of benzene rings is 1. The van der Waals surface area contributed by atoms with Crippen molar-refractivity contribution in [2.75, 3.05) is 13.6 Å². The van der Waals surface area contributed by atoms with Gasteiger partial charge in [0.05, 0.1) is 18.0 Å². The lowest BCUT2D eigenvalue weighted by molar-refractivity contribution is -0.885. The quantitative estimate of drug-likeness (QED) is 0.729. The molecule has 0 aliphatic carbocycles. The van der Waals surface area contributed by atoms with E-state index in [4.69, 9.17) is 4.42 Å². The Morgan fingerprint density at radius 1 is 1.30 bits per heavy atom. The van der Waals surface area contributed by atoms with E-state index in [0.717, 1.165) is 23.3 Å². The summed E-state index contributed by atoms with van der Waals surface area (Å²) in [7, 11) is 2.03. The first-order valence-corrected chi connectivity index (χ1v) is 8.61. The largest absolute Gasteiger partial charge is 0.459 e. The summed E-state index contributed by atoms with van der Waals surface area (Å²) < 4.78 is 5.80. The van der Waals surface area contributed by atoms with E-state index >= 15 is 0 Å². The molecule has 23 heavy (non-hydrogen) atoms. The minimum Gasteiger partial charge on any atom is -0.459 e. The smallest absolute Gasteiger partial charge is 0.275 e. The second-order valence-corrected chi connectivity index (χ2v) is 6.90. The van der Waals surface area contributed by atoms with Crippen LogP contribution in [0.15, 0.2) is 52.3 Å². The summed E-state index contributed by atoms with van der Waals surface area (Å²) in [5, 5.41) is 6.14. The molecular formula is C18H21N2O2S+. The number of thiophene rings is 1. The lowest BCUT2D eigenvalue weighted by atomic mass is 10.2. The molecule has 0 saturated carbocycles. The van der Waals surface area contributed by atoms with E-state index in [1.54, 1.807) is 11.3 Å². The van der Waals surface area contributed by atoms with Crippen molar-refractivity contribution in [1.82, 2.24) is 5.32 Å². The number of fused-ring (bicyclic) bond motifs is 1. The number of amides is 1. The molecule has 1 unspecified atom stereocenters. The van der Waals surface area contributed by atoms with Gasteiger partial charge in [0.25, 0.3) is 5.91 Å². The van der Waals surface area contributed by atoms with Crippen LogP contribution in [0.2, 0.25) is 0 Å². The predicted octanol–water partition coefficient (Wildman–Crippen LogP) is 2.39. The van der Waals surface area contributed by atoms with Crippen molar-refractivity contribution in [3.8, 4) is 0 Å². The van der Waals surface area contributed by atoms with E-state index in [1.165, 1.54) is 9.78 Å². The maximum Gasteiger partial charge on any atom is 0.275 e. The summed E-state index contributed by atoms with van der Waals surface area (Å²) in [5.74, 6) is 0.822. The molecule has 5 heteroatoms. The van der Waals surface area contributed by atoms with Crippen LogP contribution in [0.3, 0.4) is 0 Å². The molecule has 2 aromatic heterocycles. The molecule has 2 heterocycles. The van der Waals surface area contributed by atoms with Crippen LogP contribution < -0.4 is 10.2 Å². The average Bonchev–Trinajstić information content (AvgIpc) is 3.15. The van der Waals surface area contributed by atoms with Gasteiger partial charge in [-0.3, -0.25) is 4.79 Å². The molecule has 0 radical (unpaired) electrons. The Bertz CT molecular complexity index is 746. The first-order chi connectivity index (χ1) is 11.1. The van der Waals surface area contributed by atoms with E-state index in [9.17, 15) is 4.79 Å². The van der Waals surface area contributed by atoms with Gasteiger partial charge in [0.15, 0.2) is 6.54 Å². The molecule has 2 N–H and O–H groups in total. The lowest BCUT2D eigenvalue weighted by Crippen LogP contribution is -3.08. The average molecular weight is 329 g/mol. The van der Waals surface area contributed by atoms with E-state index in [1.807, 2.05) is 50.4 Å². The van der Waals surface area contributed by atoms with Crippen LogP contribution in [0, 0.1) is 0 Å². The highest BCUT2D eigenvalue weighted by Crippen LogP contribution is 2.23. The highest BCUT2D eigenvalue weighted by molar-refractivity contribution is 7.09. The van der Waals surface area contributed by atoms with Gasteiger partial charge < -0.3 is 14.6 Å². The summed E-state index contributed by atoms with van der Waals surface area (Å²) in [6.07, 6.45) is 0. The molecule has 3 rings (SSSR count). The van der Waals surface area contributed by atoms with Crippen LogP contribution >= 0.6 is 11.3 Å². The van der Waals surface area contributed by atoms with Crippen molar-refractivity contribution in [3.63, 3.8) is 0 Å². The van der Waals surface area contributed by atoms with Gasteiger partial charge in [-0.05, 0) is 30.5 Å². The van der Waals surface area contributed by atoms with Crippen LogP contribution in [0.4, 0.5) is 0 Å². The fourth-order valence-electron chi connectivity index (χ4n) is 2.63. The Balaban J connectivity index is 1.56. The van der Waals surface area contributed by atoms with Gasteiger partial charge in [0, 0.05) is 5.39 Å². The van der Waals surface area contributed by atoms with Crippen LogP contribution in [0.25, 0.3) is 11.0 Å². The fourth-order valence-corrected chi connectivity index (χ4v) is 3.45. The van der Waals surface area contributed by atoms with Gasteiger partial charge in [0.2, 0.25) is 0 Å². The van der Waals surface area contributed by atoms with E-state index in [0.29, 0.717) is 6.54 Å². The molecule has 0 bridgehead atoms. The summed E-state index contributed by atoms with van der Waals surface area (Å²) in [6.45, 7) is 3.26. The van der Waals surface area contributed by atoms with E-state index < -0.39 is 0 Å². The van der Waals surface area contributed by atoms with Crippen LogP contribution in [0.1, 0.15) is 23.6 Å². The number of carbonyl (C=O) groups excluding carboxylic acids is 1. The van der Waals surface area contributed by atoms with Crippen molar-refractivity contribution >= 4 is 28.2 Å². The summed E-state index contributed by atoms with van der Waals surface area (Å²) >= 11 is 1.72. The van der Waals surface area contributed by atoms with Crippen molar-refractivity contribution in [2.45, 2.75) is 19.5 Å². The zero-order chi connectivity index (χ0) is 16.2. The van der Waals surface area contributed by atoms with Crippen LogP contribution in [-0.4, -0.2) is 19.5 Å². The zero-order valence-corrected chi connectivity index (χ0v) is 14.2. The van der Waals surface area contributed by atoms with Gasteiger partial charge in [-0.25, -0.2) is 0 Å². The van der Waals surface area contributed by atoms with Crippen molar-refractivity contribution in [2.24, 2.45) is 0 Å². The van der Waals surface area contributed by atoms with Crippen molar-refractivity contribution in [3.05, 3.63) is 58.5 Å². The molecule has 0 saturated heterocycles. The molecule has 3 aromatic rings. The first-order valence-electron chi connectivity index (χ1n) is 7.73. The zero-order valence-electron chi connectivity index (χ0n) is 13.3. The highest BCUT2D eigenvalue weighted by Gasteiger charge is 2.17. The number of nitrogens with one attached hydrogen (secondary N) is 2. The number of para-hydroxylation sites is 1. The number of hydrogen-bond donors (Lipinski definition) is 2. The van der Waals surface area contributed by atoms with E-state index in [2.05, 4.69) is 16.8 Å². The lowest BCUT2D eigenvalue weighted by Gasteiger charge is -2.15. The fraction of sp³-hybridized carbons (Fsp3) is 0.278. The second-order valence-electron chi connectivity index (χ2n) is 5.87. The minimum absolute atomic E-state index is 0.0343. The van der Waals surface area contributed by atoms with Crippen LogP contribution in [0.5, 0.6) is 0 Å². The van der Waals surface area contributed by atoms with Gasteiger partial charge in [-0.2, -0.15) is 0 Å². The third-order valence-corrected chi connectivity index (χ3v) is 4.64. The standard InChI is InChI=1S/C18H20N2O2S/c1-13(17-10-14-6-3-4-8-16(14)22-17)19-18(21)12-20(2)11-15-7-5-9-23-15/h3-10,13H,11-12H2,1-2H3,(H,19,21)/p+1/t13-/m0/s1. The Morgan fingerprint density at radius 2 is 2.13 bits per heavy atom. The minimum atomic E-state index is -0.135. The third-order valence-electron chi connectivity index (χ3n) is 3.77.